The van der Waals surface area contributed by atoms with Crippen LogP contribution in [-0.4, -0.2) is 19.9 Å². The minimum absolute atomic E-state index is 0.884. The van der Waals surface area contributed by atoms with Gasteiger partial charge < -0.3 is 19.9 Å². The fourth-order valence-electron chi connectivity index (χ4n) is 7.27. The largest absolute Gasteiger partial charge is 0.352 e. The Morgan fingerprint density at radius 2 is 0.429 bits per heavy atom. The molecule has 0 radical (unpaired) electrons. The van der Waals surface area contributed by atoms with Crippen LogP contribution in [0.2, 0.25) is 0 Å². The third-order valence-corrected chi connectivity index (χ3v) is 18.2. The fourth-order valence-corrected chi connectivity index (χ4v) is 11.2. The van der Waals surface area contributed by atoms with E-state index in [9.17, 15) is 0 Å². The first kappa shape index (κ1) is 38.8. The van der Waals surface area contributed by atoms with Gasteiger partial charge in [-0.2, -0.15) is 0 Å². The van der Waals surface area contributed by atoms with Crippen LogP contribution in [0.1, 0.15) is 45.0 Å². The summed E-state index contributed by atoms with van der Waals surface area (Å²) in [6.07, 6.45) is 0. The zero-order valence-electron chi connectivity index (χ0n) is 28.6. The maximum absolute atomic E-state index is 4.05. The summed E-state index contributed by atoms with van der Waals surface area (Å²) < 4.78 is 7.07. The number of aromatic nitrogens is 4. The van der Waals surface area contributed by atoms with Crippen molar-refractivity contribution in [2.75, 3.05) is 0 Å². The number of H-pyrrole nitrogens is 4. The van der Waals surface area contributed by atoms with Gasteiger partial charge in [0.2, 0.25) is 0 Å². The van der Waals surface area contributed by atoms with Gasteiger partial charge in [-0.15, -0.1) is 0 Å². The smallest absolute Gasteiger partial charge is 0.0642 e. The predicted octanol–water partition coefficient (Wildman–Crippen LogP) is 12.4. The van der Waals surface area contributed by atoms with Crippen LogP contribution in [0.5, 0.6) is 0 Å². The number of fused-ring (bicyclic) bond motifs is 8. The van der Waals surface area contributed by atoms with Gasteiger partial charge in [-0.1, -0.05) is 121 Å². The van der Waals surface area contributed by atoms with Crippen LogP contribution in [0.15, 0.2) is 157 Å². The van der Waals surface area contributed by atoms with Gasteiger partial charge in [0.1, 0.15) is 0 Å². The van der Waals surface area contributed by atoms with Crippen LogP contribution in [0, 0.1) is 0 Å². The van der Waals surface area contributed by atoms with Gasteiger partial charge in [-0.05, 0) is 150 Å². The molecule has 0 unspecified atom stereocenters. The Bertz CT molecular complexity index is 2680. The van der Waals surface area contributed by atoms with E-state index in [1.54, 1.807) is 0 Å². The molecule has 0 saturated heterocycles. The molecule has 8 aromatic rings. The van der Waals surface area contributed by atoms with E-state index in [-0.39, 0.29) is 0 Å². The maximum atomic E-state index is 4.05. The quantitative estimate of drug-likeness (QED) is 0.136. The van der Waals surface area contributed by atoms with E-state index in [0.717, 1.165) is 125 Å². The Morgan fingerprint density at radius 3 is 0.625 bits per heavy atom. The summed E-state index contributed by atoms with van der Waals surface area (Å²) in [5.41, 5.74) is 11.5. The molecule has 0 aliphatic carbocycles. The molecule has 0 amide bonds. The van der Waals surface area contributed by atoms with Gasteiger partial charge in [-0.25, -0.2) is 0 Å². The molecular weight excluding hydrogens is 1220 g/mol. The molecule has 0 spiro atoms. The average Bonchev–Trinajstić information content (AvgIpc) is 3.89. The molecule has 12 heteroatoms. The topological polar surface area (TPSA) is 63.2 Å². The van der Waals surface area contributed by atoms with Crippen molar-refractivity contribution in [1.82, 2.24) is 19.9 Å². The minimum Gasteiger partial charge on any atom is -0.352 e. The maximum Gasteiger partial charge on any atom is 0.0642 e. The highest BCUT2D eigenvalue weighted by atomic mass is 79.9. The summed E-state index contributed by atoms with van der Waals surface area (Å²) >= 11 is 32.4. The summed E-state index contributed by atoms with van der Waals surface area (Å²) in [4.78, 5) is 15.6. The lowest BCUT2D eigenvalue weighted by atomic mass is 10.0. The fraction of sp³-hybridized carbons (Fsp3) is 0. The number of halogens is 8. The Kier molecular flexibility index (Phi) is 11.0. The molecule has 0 saturated carbocycles. The third-order valence-electron chi connectivity index (χ3n) is 9.78. The molecule has 0 atom stereocenters. The molecular formula is C44H24Br8N4. The third kappa shape index (κ3) is 6.51. The predicted molar refractivity (Wildman–Crippen MR) is 255 cm³/mol. The second-order valence-electron chi connectivity index (χ2n) is 13.0. The van der Waals surface area contributed by atoms with Gasteiger partial charge >= 0.3 is 0 Å². The number of hydrogen-bond donors (Lipinski definition) is 4. The lowest BCUT2D eigenvalue weighted by Gasteiger charge is -2.10. The van der Waals surface area contributed by atoms with Gasteiger partial charge in [0.25, 0.3) is 0 Å². The highest BCUT2D eigenvalue weighted by Gasteiger charge is 2.28. The second-order valence-corrected chi connectivity index (χ2v) is 19.3. The van der Waals surface area contributed by atoms with Gasteiger partial charge in [0.05, 0.1) is 80.0 Å². The van der Waals surface area contributed by atoms with Crippen LogP contribution in [0.3, 0.4) is 0 Å². The number of rotatable bonds is 4. The number of aromatic amines is 4. The molecule has 5 heterocycles. The van der Waals surface area contributed by atoms with E-state index in [4.69, 9.17) is 0 Å². The van der Waals surface area contributed by atoms with Crippen molar-refractivity contribution in [1.29, 1.82) is 0 Å². The van der Waals surface area contributed by atoms with E-state index in [0.29, 0.717) is 0 Å². The number of hydrogen-bond acceptors (Lipinski definition) is 0. The standard InChI is InChI=1S/C44H24Br8N4/c45-29-31(47)39-26(22-15-7-2-8-16-22)41-33(49)35(51)43(55-41)28(24-19-11-4-12-20-24)44-36(52)34(50)42(56-44)27(23-17-9-3-10-18-23)40-32(48)30(46)38(54-40)25(37(29)53-39)21-13-5-1-6-14-21/h1-20,53-56H/b37-25-,38-25?,39-26-,40-27?,41-26?,42-27-,43-28?,44-28-. The Labute approximate surface area is 388 Å². The molecule has 8 bridgehead atoms. The molecule has 4 nitrogen and oxygen atoms in total. The number of nitrogens with one attached hydrogen (secondary N) is 4. The molecule has 276 valence electrons. The van der Waals surface area contributed by atoms with E-state index in [1.807, 2.05) is 24.3 Å². The van der Waals surface area contributed by atoms with Crippen molar-refractivity contribution in [3.63, 3.8) is 0 Å². The van der Waals surface area contributed by atoms with Crippen LogP contribution < -0.4 is 21.4 Å². The van der Waals surface area contributed by atoms with E-state index in [2.05, 4.69) is 244 Å². The van der Waals surface area contributed by atoms with Crippen molar-refractivity contribution >= 4 is 150 Å². The molecule has 9 rings (SSSR count). The molecule has 56 heavy (non-hydrogen) atoms. The molecule has 4 aromatic carbocycles. The van der Waals surface area contributed by atoms with Crippen LogP contribution in [0.4, 0.5) is 0 Å². The summed E-state index contributed by atoms with van der Waals surface area (Å²) in [5.74, 6) is 0. The van der Waals surface area contributed by atoms with Gasteiger partial charge in [-0.3, -0.25) is 0 Å². The van der Waals surface area contributed by atoms with Gasteiger partial charge in [0, 0.05) is 22.3 Å². The van der Waals surface area contributed by atoms with Crippen molar-refractivity contribution < 1.29 is 0 Å². The number of benzene rings is 4. The molecule has 1 aliphatic rings. The molecule has 4 aromatic heterocycles. The summed E-state index contributed by atoms with van der Waals surface area (Å²) in [5, 5.41) is 3.58. The Balaban J connectivity index is 1.59. The monoisotopic (exact) mass is 1240 g/mol. The molecule has 1 aliphatic heterocycles. The SMILES string of the molecule is Brc1c2[nH]c(c1Br)/C(c1ccccc1)=c1\[nH]/c(c(Br)c1Br)=C(/c1ccccc1)c1[nH]c(c(Br)c1Br)/C(c1ccccc1)=c1\[nH]/c(c(Br)c1Br)=C\2c1ccccc1. The first-order valence-electron chi connectivity index (χ1n) is 17.2. The van der Waals surface area contributed by atoms with E-state index >= 15 is 0 Å². The van der Waals surface area contributed by atoms with E-state index < -0.39 is 0 Å². The second kappa shape index (κ2) is 15.8. The molecule has 0 fully saturated rings. The lowest BCUT2D eigenvalue weighted by molar-refractivity contribution is 1.18. The average molecular weight is 1250 g/mol. The van der Waals surface area contributed by atoms with Crippen molar-refractivity contribution in [2.24, 2.45) is 0 Å². The highest BCUT2D eigenvalue weighted by molar-refractivity contribution is 9.14. The van der Waals surface area contributed by atoms with Crippen molar-refractivity contribution in [3.8, 4) is 0 Å². The highest BCUT2D eigenvalue weighted by Crippen LogP contribution is 2.42. The summed E-state index contributed by atoms with van der Waals surface area (Å²) in [6, 6.07) is 41.7. The van der Waals surface area contributed by atoms with Crippen LogP contribution in [0.25, 0.3) is 22.3 Å². The van der Waals surface area contributed by atoms with Gasteiger partial charge in [0.15, 0.2) is 0 Å². The van der Waals surface area contributed by atoms with E-state index in [1.165, 1.54) is 0 Å². The normalized spacial score (nSPS) is 16.7. The zero-order chi connectivity index (χ0) is 38.8. The summed E-state index contributed by atoms with van der Waals surface area (Å²) in [7, 11) is 0. The Hall–Kier alpha value is -2.68. The van der Waals surface area contributed by atoms with Crippen molar-refractivity contribution in [3.05, 3.63) is 224 Å². The zero-order valence-corrected chi connectivity index (χ0v) is 41.3. The minimum atomic E-state index is 0.884. The van der Waals surface area contributed by atoms with Crippen LogP contribution in [-0.2, 0) is 0 Å². The first-order valence-corrected chi connectivity index (χ1v) is 23.5. The first-order chi connectivity index (χ1) is 27.2. The lowest BCUT2D eigenvalue weighted by Crippen LogP contribution is -2.20. The molecule has 4 N–H and O–H groups in total. The van der Waals surface area contributed by atoms with Crippen molar-refractivity contribution in [2.45, 2.75) is 0 Å². The summed E-state index contributed by atoms with van der Waals surface area (Å²) in [6.45, 7) is 0. The Morgan fingerprint density at radius 1 is 0.232 bits per heavy atom. The van der Waals surface area contributed by atoms with Crippen LogP contribution >= 0.6 is 127 Å².